The molecule has 0 aliphatic heterocycles. The molecular formula is C12H19N3O4. The lowest BCUT2D eigenvalue weighted by atomic mass is 10.2. The van der Waals surface area contributed by atoms with E-state index in [1.807, 2.05) is 6.92 Å². The van der Waals surface area contributed by atoms with E-state index in [4.69, 9.17) is 9.26 Å². The minimum atomic E-state index is -0.543. The Hall–Kier alpha value is -2.05. The van der Waals surface area contributed by atoms with Crippen LogP contribution in [0.2, 0.25) is 0 Å². The van der Waals surface area contributed by atoms with Crippen LogP contribution in [0.1, 0.15) is 42.7 Å². The number of carbonyl (C=O) groups excluding carboxylic acids is 2. The predicted octanol–water partition coefficient (Wildman–Crippen LogP) is 2.08. The lowest BCUT2D eigenvalue weighted by Gasteiger charge is -2.05. The molecule has 0 atom stereocenters. The van der Waals surface area contributed by atoms with Crippen LogP contribution < -0.4 is 10.6 Å². The molecular weight excluding hydrogens is 250 g/mol. The van der Waals surface area contributed by atoms with Crippen molar-refractivity contribution in [3.8, 4) is 0 Å². The van der Waals surface area contributed by atoms with Gasteiger partial charge in [0.15, 0.2) is 0 Å². The molecule has 7 heteroatoms. The summed E-state index contributed by atoms with van der Waals surface area (Å²) in [5.41, 5.74) is 0.538. The molecule has 2 N–H and O–H groups in total. The van der Waals surface area contributed by atoms with Gasteiger partial charge in [-0.1, -0.05) is 18.5 Å². The van der Waals surface area contributed by atoms with E-state index >= 15 is 0 Å². The molecule has 0 spiro atoms. The molecule has 0 aromatic carbocycles. The van der Waals surface area contributed by atoms with E-state index in [1.54, 1.807) is 13.8 Å². The number of aryl methyl sites for hydroxylation is 1. The van der Waals surface area contributed by atoms with E-state index in [0.717, 1.165) is 12.8 Å². The topological polar surface area (TPSA) is 93.5 Å². The summed E-state index contributed by atoms with van der Waals surface area (Å²) in [6.45, 7) is 6.20. The molecule has 1 rings (SSSR count). The molecule has 0 radical (unpaired) electrons. The maximum absolute atomic E-state index is 11.9. The first-order valence-electron chi connectivity index (χ1n) is 6.28. The van der Waals surface area contributed by atoms with Crippen molar-refractivity contribution in [2.45, 2.75) is 33.6 Å². The first-order chi connectivity index (χ1) is 9.10. The third-order valence-corrected chi connectivity index (χ3v) is 2.36. The maximum Gasteiger partial charge on any atom is 0.345 e. The lowest BCUT2D eigenvalue weighted by molar-refractivity contribution is 0.0500. The van der Waals surface area contributed by atoms with Gasteiger partial charge in [0, 0.05) is 6.54 Å². The van der Waals surface area contributed by atoms with E-state index < -0.39 is 12.0 Å². The first kappa shape index (κ1) is 15.0. The highest BCUT2D eigenvalue weighted by atomic mass is 16.5. The Morgan fingerprint density at radius 2 is 2.11 bits per heavy atom. The fourth-order valence-corrected chi connectivity index (χ4v) is 1.38. The van der Waals surface area contributed by atoms with Gasteiger partial charge in [0.25, 0.3) is 0 Å². The number of amides is 2. The van der Waals surface area contributed by atoms with Crippen molar-refractivity contribution in [1.29, 1.82) is 0 Å². The molecule has 0 saturated carbocycles. The number of hydrogen-bond acceptors (Lipinski definition) is 5. The summed E-state index contributed by atoms with van der Waals surface area (Å²) in [5, 5.41) is 8.62. The third-order valence-electron chi connectivity index (χ3n) is 2.36. The zero-order valence-corrected chi connectivity index (χ0v) is 11.4. The molecule has 7 nitrogen and oxygen atoms in total. The van der Waals surface area contributed by atoms with Crippen LogP contribution in [0.15, 0.2) is 4.52 Å². The second kappa shape index (κ2) is 7.40. The molecule has 1 aromatic rings. The average molecular weight is 269 g/mol. The highest BCUT2D eigenvalue weighted by Crippen LogP contribution is 2.20. The minimum Gasteiger partial charge on any atom is -0.462 e. The van der Waals surface area contributed by atoms with Crippen LogP contribution in [0.4, 0.5) is 10.7 Å². The smallest absolute Gasteiger partial charge is 0.345 e. The lowest BCUT2D eigenvalue weighted by Crippen LogP contribution is -2.28. The Balaban J connectivity index is 2.73. The van der Waals surface area contributed by atoms with Gasteiger partial charge in [-0.05, 0) is 20.3 Å². The van der Waals surface area contributed by atoms with Gasteiger partial charge in [0.05, 0.1) is 12.3 Å². The molecule has 0 fully saturated rings. The van der Waals surface area contributed by atoms with Crippen LogP contribution in [0.3, 0.4) is 0 Å². The van der Waals surface area contributed by atoms with Gasteiger partial charge in [-0.15, -0.1) is 0 Å². The highest BCUT2D eigenvalue weighted by molar-refractivity contribution is 5.99. The van der Waals surface area contributed by atoms with Crippen LogP contribution >= 0.6 is 0 Å². The molecule has 0 aliphatic carbocycles. The van der Waals surface area contributed by atoms with Gasteiger partial charge in [0.1, 0.15) is 5.56 Å². The van der Waals surface area contributed by atoms with Crippen LogP contribution in [0.5, 0.6) is 0 Å². The van der Waals surface area contributed by atoms with Gasteiger partial charge < -0.3 is 14.6 Å². The number of unbranched alkanes of at least 4 members (excludes halogenated alkanes) is 1. The quantitative estimate of drug-likeness (QED) is 0.609. The fourth-order valence-electron chi connectivity index (χ4n) is 1.38. The van der Waals surface area contributed by atoms with Crippen molar-refractivity contribution in [2.75, 3.05) is 18.5 Å². The maximum atomic E-state index is 11.9. The van der Waals surface area contributed by atoms with E-state index in [2.05, 4.69) is 15.8 Å². The SMILES string of the molecule is CCCCOC(=O)c1c(C)noc1NC(=O)NCC. The summed E-state index contributed by atoms with van der Waals surface area (Å²) in [4.78, 5) is 23.3. The number of carbonyl (C=O) groups is 2. The molecule has 2 amide bonds. The fraction of sp³-hybridized carbons (Fsp3) is 0.583. The summed E-state index contributed by atoms with van der Waals surface area (Å²) >= 11 is 0. The van der Waals surface area contributed by atoms with Gasteiger partial charge in [-0.3, -0.25) is 5.32 Å². The van der Waals surface area contributed by atoms with Crippen molar-refractivity contribution in [1.82, 2.24) is 10.5 Å². The van der Waals surface area contributed by atoms with Crippen molar-refractivity contribution in [3.63, 3.8) is 0 Å². The molecule has 0 aliphatic rings. The minimum absolute atomic E-state index is 0.00458. The number of aromatic nitrogens is 1. The van der Waals surface area contributed by atoms with Gasteiger partial charge in [-0.2, -0.15) is 0 Å². The predicted molar refractivity (Wildman–Crippen MR) is 69.1 cm³/mol. The van der Waals surface area contributed by atoms with Gasteiger partial charge in [0.2, 0.25) is 5.88 Å². The Morgan fingerprint density at radius 1 is 1.37 bits per heavy atom. The van der Waals surface area contributed by atoms with Gasteiger partial charge >= 0.3 is 12.0 Å². The highest BCUT2D eigenvalue weighted by Gasteiger charge is 2.23. The summed E-state index contributed by atoms with van der Waals surface area (Å²) in [7, 11) is 0. The number of nitrogens with one attached hydrogen (secondary N) is 2. The van der Waals surface area contributed by atoms with E-state index in [9.17, 15) is 9.59 Å². The second-order valence-electron chi connectivity index (χ2n) is 3.95. The normalized spacial score (nSPS) is 10.1. The van der Waals surface area contributed by atoms with Gasteiger partial charge in [-0.25, -0.2) is 9.59 Å². The monoisotopic (exact) mass is 269 g/mol. The summed E-state index contributed by atoms with van der Waals surface area (Å²) in [6, 6.07) is -0.457. The molecule has 106 valence electrons. The molecule has 1 aromatic heterocycles. The Labute approximate surface area is 111 Å². The van der Waals surface area contributed by atoms with Crippen molar-refractivity contribution in [2.24, 2.45) is 0 Å². The summed E-state index contributed by atoms with van der Waals surface area (Å²) in [5.74, 6) is -0.538. The molecule has 0 saturated heterocycles. The van der Waals surface area contributed by atoms with E-state index in [1.165, 1.54) is 0 Å². The van der Waals surface area contributed by atoms with Crippen molar-refractivity contribution in [3.05, 3.63) is 11.3 Å². The Morgan fingerprint density at radius 3 is 2.74 bits per heavy atom. The van der Waals surface area contributed by atoms with E-state index in [-0.39, 0.29) is 11.4 Å². The first-order valence-corrected chi connectivity index (χ1v) is 6.28. The number of esters is 1. The Kier molecular flexibility index (Phi) is 5.84. The molecule has 0 bridgehead atoms. The number of anilines is 1. The van der Waals surface area contributed by atoms with Crippen LogP contribution in [-0.2, 0) is 4.74 Å². The Bertz CT molecular complexity index is 442. The number of hydrogen-bond donors (Lipinski definition) is 2. The third kappa shape index (κ3) is 4.27. The average Bonchev–Trinajstić information content (AvgIpc) is 2.71. The van der Waals surface area contributed by atoms with Crippen LogP contribution in [-0.4, -0.2) is 30.3 Å². The molecule has 0 unspecified atom stereocenters. The number of rotatable bonds is 6. The number of urea groups is 1. The number of ether oxygens (including phenoxy) is 1. The largest absolute Gasteiger partial charge is 0.462 e. The van der Waals surface area contributed by atoms with Crippen LogP contribution in [0.25, 0.3) is 0 Å². The van der Waals surface area contributed by atoms with Crippen molar-refractivity contribution < 1.29 is 18.8 Å². The second-order valence-corrected chi connectivity index (χ2v) is 3.95. The van der Waals surface area contributed by atoms with E-state index in [0.29, 0.717) is 18.8 Å². The summed E-state index contributed by atoms with van der Waals surface area (Å²) in [6.07, 6.45) is 1.72. The molecule has 19 heavy (non-hydrogen) atoms. The summed E-state index contributed by atoms with van der Waals surface area (Å²) < 4.78 is 10.00. The van der Waals surface area contributed by atoms with Crippen molar-refractivity contribution >= 4 is 17.9 Å². The zero-order valence-electron chi connectivity index (χ0n) is 11.4. The molecule has 1 heterocycles. The zero-order chi connectivity index (χ0) is 14.3. The number of nitrogens with zero attached hydrogens (tertiary/aromatic N) is 1. The standard InChI is InChI=1S/C12H19N3O4/c1-4-6-7-18-11(16)9-8(3)15-19-10(9)14-12(17)13-5-2/h4-7H2,1-3H3,(H2,13,14,17). The van der Waals surface area contributed by atoms with Crippen LogP contribution in [0, 0.1) is 6.92 Å².